The predicted octanol–water partition coefficient (Wildman–Crippen LogP) is 5.39. The van der Waals surface area contributed by atoms with Gasteiger partial charge in [-0.15, -0.1) is 0 Å². The first-order valence-electron chi connectivity index (χ1n) is 10.4. The third kappa shape index (κ3) is 3.15. The Bertz CT molecular complexity index is 1410. The fourth-order valence-corrected chi connectivity index (χ4v) is 4.21. The average molecular weight is 429 g/mol. The molecular weight excluding hydrogens is 409 g/mol. The second-order valence-corrected chi connectivity index (χ2v) is 7.73. The Morgan fingerprint density at radius 2 is 1.81 bits per heavy atom. The van der Waals surface area contributed by atoms with Crippen LogP contribution in [0.25, 0.3) is 11.0 Å². The summed E-state index contributed by atoms with van der Waals surface area (Å²) in [6, 6.07) is 17.5. The van der Waals surface area contributed by atoms with Crippen molar-refractivity contribution in [3.63, 3.8) is 0 Å². The Balaban J connectivity index is 1.79. The molecule has 1 amide bonds. The Morgan fingerprint density at radius 3 is 2.56 bits per heavy atom. The van der Waals surface area contributed by atoms with Gasteiger partial charge in [-0.2, -0.15) is 0 Å². The molecule has 1 atom stereocenters. The molecule has 0 bridgehead atoms. The number of nitrogens with zero attached hydrogens (tertiary/aromatic N) is 1. The SMILES string of the molecule is CCOc1cccc(C2c3c(oc4ccc(C)cc4c3=O)C(=O)N2c2ccc(F)cc2)c1. The van der Waals surface area contributed by atoms with Crippen molar-refractivity contribution in [2.24, 2.45) is 0 Å². The molecule has 0 N–H and O–H groups in total. The molecule has 0 saturated carbocycles. The number of halogens is 1. The Hall–Kier alpha value is -3.93. The van der Waals surface area contributed by atoms with Gasteiger partial charge in [0.15, 0.2) is 5.43 Å². The van der Waals surface area contributed by atoms with Gasteiger partial charge in [0.2, 0.25) is 5.76 Å². The molecule has 0 radical (unpaired) electrons. The van der Waals surface area contributed by atoms with E-state index >= 15 is 0 Å². The van der Waals surface area contributed by atoms with Crippen LogP contribution in [0.4, 0.5) is 10.1 Å². The zero-order chi connectivity index (χ0) is 22.4. The summed E-state index contributed by atoms with van der Waals surface area (Å²) >= 11 is 0. The van der Waals surface area contributed by atoms with Gasteiger partial charge in [0.05, 0.1) is 23.6 Å². The summed E-state index contributed by atoms with van der Waals surface area (Å²) in [5.74, 6) is -0.227. The number of hydrogen-bond acceptors (Lipinski definition) is 4. The minimum atomic E-state index is -0.732. The first-order chi connectivity index (χ1) is 15.5. The standard InChI is InChI=1S/C26H20FNO4/c1-3-31-19-6-4-5-16(14-19)23-22-24(29)20-13-15(2)7-12-21(20)32-25(22)26(30)28(23)18-10-8-17(27)9-11-18/h4-14,23H,3H2,1-2H3. The second kappa shape index (κ2) is 7.64. The highest BCUT2D eigenvalue weighted by atomic mass is 19.1. The van der Waals surface area contributed by atoms with E-state index in [0.717, 1.165) is 5.56 Å². The van der Waals surface area contributed by atoms with Crippen molar-refractivity contribution < 1.29 is 18.3 Å². The fourth-order valence-electron chi connectivity index (χ4n) is 4.21. The molecule has 0 saturated heterocycles. The Labute approximate surface area is 183 Å². The van der Waals surface area contributed by atoms with Gasteiger partial charge in [0.1, 0.15) is 17.1 Å². The third-order valence-corrected chi connectivity index (χ3v) is 5.62. The quantitative estimate of drug-likeness (QED) is 0.437. The molecule has 32 heavy (non-hydrogen) atoms. The van der Waals surface area contributed by atoms with Crippen molar-refractivity contribution in [1.29, 1.82) is 0 Å². The summed E-state index contributed by atoms with van der Waals surface area (Å²) in [6.07, 6.45) is 0. The highest BCUT2D eigenvalue weighted by Crippen LogP contribution is 2.41. The lowest BCUT2D eigenvalue weighted by molar-refractivity contribution is 0.0971. The van der Waals surface area contributed by atoms with Gasteiger partial charge >= 0.3 is 0 Å². The van der Waals surface area contributed by atoms with E-state index in [1.807, 2.05) is 44.2 Å². The maximum Gasteiger partial charge on any atom is 0.295 e. The van der Waals surface area contributed by atoms with Crippen molar-refractivity contribution in [2.45, 2.75) is 19.9 Å². The summed E-state index contributed by atoms with van der Waals surface area (Å²) in [4.78, 5) is 28.6. The van der Waals surface area contributed by atoms with Crippen LogP contribution in [0.15, 0.2) is 75.9 Å². The number of amides is 1. The number of carbonyl (C=O) groups excluding carboxylic acids is 1. The molecular formula is C26H20FNO4. The summed E-state index contributed by atoms with van der Waals surface area (Å²) in [7, 11) is 0. The van der Waals surface area contributed by atoms with Crippen LogP contribution >= 0.6 is 0 Å². The topological polar surface area (TPSA) is 59.8 Å². The lowest BCUT2D eigenvalue weighted by Gasteiger charge is -2.25. The van der Waals surface area contributed by atoms with Crippen molar-refractivity contribution in [3.8, 4) is 5.75 Å². The molecule has 0 fully saturated rings. The minimum Gasteiger partial charge on any atom is -0.494 e. The van der Waals surface area contributed by atoms with Crippen LogP contribution in [0.5, 0.6) is 5.75 Å². The number of rotatable bonds is 4. The molecule has 1 aliphatic rings. The van der Waals surface area contributed by atoms with Gasteiger partial charge in [0.25, 0.3) is 5.91 Å². The van der Waals surface area contributed by atoms with E-state index in [2.05, 4.69) is 0 Å². The van der Waals surface area contributed by atoms with Gasteiger partial charge < -0.3 is 9.15 Å². The monoisotopic (exact) mass is 429 g/mol. The highest BCUT2D eigenvalue weighted by Gasteiger charge is 2.43. The van der Waals surface area contributed by atoms with Crippen molar-refractivity contribution in [1.82, 2.24) is 0 Å². The first-order valence-corrected chi connectivity index (χ1v) is 10.4. The van der Waals surface area contributed by atoms with E-state index in [1.165, 1.54) is 29.2 Å². The zero-order valence-corrected chi connectivity index (χ0v) is 17.6. The second-order valence-electron chi connectivity index (χ2n) is 7.73. The summed E-state index contributed by atoms with van der Waals surface area (Å²) in [6.45, 7) is 4.26. The van der Waals surface area contributed by atoms with Crippen LogP contribution in [0.1, 0.15) is 40.2 Å². The third-order valence-electron chi connectivity index (χ3n) is 5.62. The molecule has 3 aromatic carbocycles. The van der Waals surface area contributed by atoms with E-state index in [9.17, 15) is 14.0 Å². The minimum absolute atomic E-state index is 0.00231. The number of benzene rings is 3. The van der Waals surface area contributed by atoms with Gasteiger partial charge in [0, 0.05) is 5.69 Å². The Morgan fingerprint density at radius 1 is 1.03 bits per heavy atom. The number of ether oxygens (including phenoxy) is 1. The molecule has 4 aromatic rings. The zero-order valence-electron chi connectivity index (χ0n) is 17.6. The van der Waals surface area contributed by atoms with Crippen LogP contribution in [0.2, 0.25) is 0 Å². The number of anilines is 1. The molecule has 1 aliphatic heterocycles. The van der Waals surface area contributed by atoms with Crippen LogP contribution in [0.3, 0.4) is 0 Å². The number of hydrogen-bond donors (Lipinski definition) is 0. The summed E-state index contributed by atoms with van der Waals surface area (Å²) < 4.78 is 25.2. The van der Waals surface area contributed by atoms with Crippen molar-refractivity contribution >= 4 is 22.6 Å². The number of aryl methyl sites for hydroxylation is 1. The lowest BCUT2D eigenvalue weighted by atomic mass is 9.97. The Kier molecular flexibility index (Phi) is 4.78. The highest BCUT2D eigenvalue weighted by molar-refractivity contribution is 6.10. The molecule has 1 aromatic heterocycles. The van der Waals surface area contributed by atoms with Crippen LogP contribution in [-0.4, -0.2) is 12.5 Å². The van der Waals surface area contributed by atoms with E-state index in [4.69, 9.17) is 9.15 Å². The average Bonchev–Trinajstić information content (AvgIpc) is 3.08. The molecule has 6 heteroatoms. The maximum absolute atomic E-state index is 13.6. The van der Waals surface area contributed by atoms with Crippen LogP contribution in [-0.2, 0) is 0 Å². The van der Waals surface area contributed by atoms with Crippen LogP contribution < -0.4 is 15.1 Å². The van der Waals surface area contributed by atoms with Crippen molar-refractivity contribution in [2.75, 3.05) is 11.5 Å². The fraction of sp³-hybridized carbons (Fsp3) is 0.154. The molecule has 5 nitrogen and oxygen atoms in total. The van der Waals surface area contributed by atoms with Gasteiger partial charge in [-0.05, 0) is 67.9 Å². The maximum atomic E-state index is 13.6. The molecule has 0 spiro atoms. The van der Waals surface area contributed by atoms with E-state index in [-0.39, 0.29) is 16.8 Å². The number of fused-ring (bicyclic) bond motifs is 2. The summed E-state index contributed by atoms with van der Waals surface area (Å²) in [5.41, 5.74) is 2.46. The lowest BCUT2D eigenvalue weighted by Crippen LogP contribution is -2.29. The van der Waals surface area contributed by atoms with Crippen LogP contribution in [0, 0.1) is 12.7 Å². The largest absolute Gasteiger partial charge is 0.494 e. The normalized spacial score (nSPS) is 15.3. The van der Waals surface area contributed by atoms with E-state index in [0.29, 0.717) is 34.6 Å². The van der Waals surface area contributed by atoms with Gasteiger partial charge in [-0.1, -0.05) is 23.8 Å². The van der Waals surface area contributed by atoms with Gasteiger partial charge in [-0.25, -0.2) is 4.39 Å². The van der Waals surface area contributed by atoms with Gasteiger partial charge in [-0.3, -0.25) is 14.5 Å². The smallest absolute Gasteiger partial charge is 0.295 e. The number of carbonyl (C=O) groups is 1. The molecule has 160 valence electrons. The molecule has 2 heterocycles. The molecule has 5 rings (SSSR count). The molecule has 0 aliphatic carbocycles. The first kappa shape index (κ1) is 20.0. The van der Waals surface area contributed by atoms with E-state index in [1.54, 1.807) is 12.1 Å². The summed E-state index contributed by atoms with van der Waals surface area (Å²) in [5, 5.41) is 0.420. The predicted molar refractivity (Wildman–Crippen MR) is 120 cm³/mol. The van der Waals surface area contributed by atoms with E-state index < -0.39 is 17.8 Å². The molecule has 1 unspecified atom stereocenters. The van der Waals surface area contributed by atoms with Crippen molar-refractivity contribution in [3.05, 3.63) is 105 Å².